The second kappa shape index (κ2) is 13.2. The number of methoxy groups -OCH3 is 1. The zero-order chi connectivity index (χ0) is 24.2. The Morgan fingerprint density at radius 3 is 2.09 bits per heavy atom. The van der Waals surface area contributed by atoms with Crippen molar-refractivity contribution in [2.75, 3.05) is 13.7 Å². The van der Waals surface area contributed by atoms with Crippen LogP contribution in [0.1, 0.15) is 41.6 Å². The van der Waals surface area contributed by atoms with Gasteiger partial charge in [-0.3, -0.25) is 4.79 Å². The number of Topliss-reactive ketones (excluding diaryl/α,β-unsaturated/α-hetero) is 1. The highest BCUT2D eigenvalue weighted by molar-refractivity contribution is 5.96. The number of ketones is 1. The van der Waals surface area contributed by atoms with E-state index < -0.39 is 12.1 Å². The molecule has 0 aliphatic rings. The molecule has 6 nitrogen and oxygen atoms in total. The van der Waals surface area contributed by atoms with Crippen molar-refractivity contribution >= 4 is 11.8 Å². The van der Waals surface area contributed by atoms with Crippen LogP contribution in [-0.4, -0.2) is 31.6 Å². The van der Waals surface area contributed by atoms with E-state index in [1.54, 1.807) is 24.3 Å². The second-order valence-corrected chi connectivity index (χ2v) is 7.91. The lowest BCUT2D eigenvalue weighted by atomic mass is 10.0. The quantitative estimate of drug-likeness (QED) is 0.258. The van der Waals surface area contributed by atoms with E-state index >= 15 is 0 Å². The van der Waals surface area contributed by atoms with Crippen LogP contribution in [0.2, 0.25) is 0 Å². The Morgan fingerprint density at radius 1 is 0.794 bits per heavy atom. The van der Waals surface area contributed by atoms with Crippen LogP contribution in [0.3, 0.4) is 0 Å². The smallest absolute Gasteiger partial charge is 0.162 e. The number of unbranched alkanes of at least 4 members (excludes halogenated alkanes) is 2. The van der Waals surface area contributed by atoms with Gasteiger partial charge in [0.05, 0.1) is 12.6 Å². The number of rotatable bonds is 14. The highest BCUT2D eigenvalue weighted by atomic mass is 16.5. The van der Waals surface area contributed by atoms with E-state index in [4.69, 9.17) is 14.2 Å². The molecule has 3 aromatic rings. The third-order valence-corrected chi connectivity index (χ3v) is 5.36. The van der Waals surface area contributed by atoms with Crippen LogP contribution in [0.25, 0.3) is 0 Å². The molecule has 0 spiro atoms. The summed E-state index contributed by atoms with van der Waals surface area (Å²) in [4.78, 5) is 23.3. The average Bonchev–Trinajstić information content (AvgIpc) is 2.86. The molecule has 3 rings (SSSR count). The number of aliphatic carboxylic acids is 1. The van der Waals surface area contributed by atoms with Gasteiger partial charge in [0.25, 0.3) is 0 Å². The summed E-state index contributed by atoms with van der Waals surface area (Å²) in [6, 6.07) is 24.1. The summed E-state index contributed by atoms with van der Waals surface area (Å²) in [5.74, 6) is 1.15. The predicted octanol–water partition coefficient (Wildman–Crippen LogP) is 4.61. The summed E-state index contributed by atoms with van der Waals surface area (Å²) in [7, 11) is 1.33. The number of carboxylic acid groups (broad SMARTS) is 1. The molecule has 6 heteroatoms. The SMILES string of the molecule is CO[C@@H](Cc1ccc(C(=O)CCCCCOc2ccc(Oc3ccccc3)cc2)cc1)C(=O)[O-]. The van der Waals surface area contributed by atoms with E-state index in [2.05, 4.69) is 0 Å². The van der Waals surface area contributed by atoms with Crippen LogP contribution in [-0.2, 0) is 16.0 Å². The number of hydrogen-bond donors (Lipinski definition) is 0. The van der Waals surface area contributed by atoms with Crippen molar-refractivity contribution in [1.82, 2.24) is 0 Å². The normalized spacial score (nSPS) is 11.6. The van der Waals surface area contributed by atoms with E-state index in [1.165, 1.54) is 7.11 Å². The standard InChI is InChI=1S/C28H30O6/c1-32-27(28(30)31)20-21-11-13-22(14-12-21)26(29)10-6-3-7-19-33-23-15-17-25(18-16-23)34-24-8-4-2-5-9-24/h2,4-5,8-9,11-18,27H,3,6-7,10,19-20H2,1H3,(H,30,31)/p-1/t27-/m0/s1. The first kappa shape index (κ1) is 25.0. The van der Waals surface area contributed by atoms with Gasteiger partial charge in [-0.25, -0.2) is 0 Å². The Morgan fingerprint density at radius 2 is 1.44 bits per heavy atom. The molecule has 0 amide bonds. The number of hydrogen-bond acceptors (Lipinski definition) is 6. The lowest BCUT2D eigenvalue weighted by Crippen LogP contribution is -2.38. The Bertz CT molecular complexity index is 1030. The number of benzene rings is 3. The Labute approximate surface area is 200 Å². The molecule has 0 N–H and O–H groups in total. The van der Waals surface area contributed by atoms with Crippen LogP contribution in [0.15, 0.2) is 78.9 Å². The summed E-state index contributed by atoms with van der Waals surface area (Å²) in [6.45, 7) is 0.584. The lowest BCUT2D eigenvalue weighted by molar-refractivity contribution is -0.315. The zero-order valence-electron chi connectivity index (χ0n) is 19.3. The van der Waals surface area contributed by atoms with E-state index in [9.17, 15) is 14.7 Å². The van der Waals surface area contributed by atoms with Gasteiger partial charge in [0.2, 0.25) is 0 Å². The number of carbonyl (C=O) groups excluding carboxylic acids is 2. The first-order valence-electron chi connectivity index (χ1n) is 11.4. The van der Waals surface area contributed by atoms with Gasteiger partial charge in [-0.15, -0.1) is 0 Å². The molecule has 34 heavy (non-hydrogen) atoms. The monoisotopic (exact) mass is 461 g/mol. The maximum absolute atomic E-state index is 12.4. The van der Waals surface area contributed by atoms with Crippen molar-refractivity contribution < 1.29 is 28.9 Å². The van der Waals surface area contributed by atoms with Crippen LogP contribution < -0.4 is 14.6 Å². The first-order chi connectivity index (χ1) is 16.5. The zero-order valence-corrected chi connectivity index (χ0v) is 19.3. The minimum atomic E-state index is -1.25. The fourth-order valence-electron chi connectivity index (χ4n) is 3.43. The maximum Gasteiger partial charge on any atom is 0.162 e. The molecule has 1 atom stereocenters. The summed E-state index contributed by atoms with van der Waals surface area (Å²) < 4.78 is 16.4. The lowest BCUT2D eigenvalue weighted by Gasteiger charge is -2.16. The predicted molar refractivity (Wildman–Crippen MR) is 127 cm³/mol. The van der Waals surface area contributed by atoms with Gasteiger partial charge in [-0.2, -0.15) is 0 Å². The Kier molecular flexibility index (Phi) is 9.67. The van der Waals surface area contributed by atoms with Gasteiger partial charge in [-0.1, -0.05) is 42.5 Å². The molecule has 0 aliphatic carbocycles. The fourth-order valence-corrected chi connectivity index (χ4v) is 3.43. The molecule has 0 aromatic heterocycles. The molecule has 3 aromatic carbocycles. The second-order valence-electron chi connectivity index (χ2n) is 7.91. The Balaban J connectivity index is 1.32. The number of carbonyl (C=O) groups is 2. The average molecular weight is 462 g/mol. The molecule has 0 saturated heterocycles. The topological polar surface area (TPSA) is 84.9 Å². The van der Waals surface area contributed by atoms with Crippen LogP contribution in [0.4, 0.5) is 0 Å². The molecule has 0 unspecified atom stereocenters. The summed E-state index contributed by atoms with van der Waals surface area (Å²) in [6.07, 6.45) is 2.20. The van der Waals surface area contributed by atoms with Crippen molar-refractivity contribution in [2.24, 2.45) is 0 Å². The van der Waals surface area contributed by atoms with Crippen LogP contribution in [0, 0.1) is 0 Å². The summed E-state index contributed by atoms with van der Waals surface area (Å²) in [5.41, 5.74) is 1.41. The first-order valence-corrected chi connectivity index (χ1v) is 11.4. The van der Waals surface area contributed by atoms with Gasteiger partial charge in [-0.05, 0) is 61.2 Å². The van der Waals surface area contributed by atoms with E-state index in [0.29, 0.717) is 18.6 Å². The van der Waals surface area contributed by atoms with E-state index in [1.807, 2.05) is 54.6 Å². The van der Waals surface area contributed by atoms with Crippen molar-refractivity contribution in [2.45, 2.75) is 38.2 Å². The van der Waals surface area contributed by atoms with Gasteiger partial charge in [0, 0.05) is 25.5 Å². The van der Waals surface area contributed by atoms with E-state index in [-0.39, 0.29) is 12.2 Å². The Hall–Kier alpha value is -3.64. The van der Waals surface area contributed by atoms with Crippen molar-refractivity contribution in [3.8, 4) is 17.2 Å². The van der Waals surface area contributed by atoms with Gasteiger partial charge >= 0.3 is 0 Å². The summed E-state index contributed by atoms with van der Waals surface area (Å²) in [5, 5.41) is 11.0. The third kappa shape index (κ3) is 8.05. The van der Waals surface area contributed by atoms with Gasteiger partial charge in [0.1, 0.15) is 23.4 Å². The number of carboxylic acids is 1. The molecule has 0 radical (unpaired) electrons. The molecule has 0 aliphatic heterocycles. The maximum atomic E-state index is 12.4. The molecule has 0 bridgehead atoms. The summed E-state index contributed by atoms with van der Waals surface area (Å²) >= 11 is 0. The van der Waals surface area contributed by atoms with Crippen molar-refractivity contribution in [3.05, 3.63) is 90.0 Å². The molecule has 178 valence electrons. The third-order valence-electron chi connectivity index (χ3n) is 5.36. The van der Waals surface area contributed by atoms with Gasteiger partial charge in [0.15, 0.2) is 5.78 Å². The van der Waals surface area contributed by atoms with Crippen molar-refractivity contribution in [3.63, 3.8) is 0 Å². The number of para-hydroxylation sites is 1. The van der Waals surface area contributed by atoms with Gasteiger partial charge < -0.3 is 24.1 Å². The minimum Gasteiger partial charge on any atom is -0.547 e. The molecule has 0 heterocycles. The number of ether oxygens (including phenoxy) is 3. The molecular weight excluding hydrogens is 432 g/mol. The van der Waals surface area contributed by atoms with Crippen LogP contribution >= 0.6 is 0 Å². The van der Waals surface area contributed by atoms with Crippen molar-refractivity contribution in [1.29, 1.82) is 0 Å². The molecule has 0 saturated carbocycles. The highest BCUT2D eigenvalue weighted by Crippen LogP contribution is 2.23. The highest BCUT2D eigenvalue weighted by Gasteiger charge is 2.11. The van der Waals surface area contributed by atoms with Crippen LogP contribution in [0.5, 0.6) is 17.2 Å². The molecule has 0 fully saturated rings. The molecular formula is C28H29O6-. The minimum absolute atomic E-state index is 0.0738. The largest absolute Gasteiger partial charge is 0.547 e. The fraction of sp³-hybridized carbons (Fsp3) is 0.286. The van der Waals surface area contributed by atoms with E-state index in [0.717, 1.165) is 42.1 Å².